The molecule has 0 unspecified atom stereocenters. The van der Waals surface area contributed by atoms with E-state index in [1.807, 2.05) is 6.07 Å². The van der Waals surface area contributed by atoms with Crippen LogP contribution in [0.2, 0.25) is 0 Å². The molecule has 1 aromatic heterocycles. The first kappa shape index (κ1) is 12.8. The number of nitrogens with zero attached hydrogens (tertiary/aromatic N) is 2. The van der Waals surface area contributed by atoms with E-state index < -0.39 is 6.67 Å². The number of aromatic nitrogens is 1. The van der Waals surface area contributed by atoms with Crippen molar-refractivity contribution in [2.45, 2.75) is 6.67 Å². The van der Waals surface area contributed by atoms with Crippen LogP contribution in [-0.4, -0.2) is 12.1 Å². The van der Waals surface area contributed by atoms with Gasteiger partial charge in [-0.2, -0.15) is 5.26 Å². The van der Waals surface area contributed by atoms with Crippen LogP contribution in [-0.2, 0) is 6.67 Å². The van der Waals surface area contributed by atoms with Crippen LogP contribution in [0.15, 0.2) is 36.5 Å². The Labute approximate surface area is 110 Å². The third-order valence-electron chi connectivity index (χ3n) is 2.61. The maximum Gasteiger partial charge on any atom is 0.140 e. The van der Waals surface area contributed by atoms with E-state index in [2.05, 4.69) is 10.3 Å². The fourth-order valence-electron chi connectivity index (χ4n) is 1.62. The number of alkyl halides is 1. The molecule has 0 radical (unpaired) electrons. The van der Waals surface area contributed by atoms with Crippen LogP contribution in [0, 0.1) is 11.3 Å². The molecule has 0 aliphatic rings. The molecule has 2 rings (SSSR count). The van der Waals surface area contributed by atoms with E-state index >= 15 is 0 Å². The molecule has 5 heteroatoms. The number of ether oxygens (including phenoxy) is 1. The maximum atomic E-state index is 13.0. The predicted octanol–water partition coefficient (Wildman–Crippen LogP) is 3.17. The molecule has 2 aromatic rings. The van der Waals surface area contributed by atoms with Crippen LogP contribution in [0.25, 0.3) is 0 Å². The van der Waals surface area contributed by atoms with Gasteiger partial charge in [0.1, 0.15) is 24.2 Å². The van der Waals surface area contributed by atoms with Crippen molar-refractivity contribution < 1.29 is 9.13 Å². The van der Waals surface area contributed by atoms with E-state index in [1.54, 1.807) is 30.3 Å². The highest BCUT2D eigenvalue weighted by Crippen LogP contribution is 2.25. The van der Waals surface area contributed by atoms with Crippen molar-refractivity contribution in [3.05, 3.63) is 47.8 Å². The summed E-state index contributed by atoms with van der Waals surface area (Å²) in [5.41, 5.74) is 2.18. The Morgan fingerprint density at radius 1 is 1.37 bits per heavy atom. The van der Waals surface area contributed by atoms with Crippen LogP contribution < -0.4 is 10.1 Å². The van der Waals surface area contributed by atoms with Gasteiger partial charge in [-0.1, -0.05) is 0 Å². The fraction of sp³-hybridized carbons (Fsp3) is 0.143. The number of anilines is 2. The molecule has 0 atom stereocenters. The predicted molar refractivity (Wildman–Crippen MR) is 70.0 cm³/mol. The minimum Gasteiger partial charge on any atom is -0.497 e. The molecule has 0 spiro atoms. The molecule has 96 valence electrons. The zero-order valence-corrected chi connectivity index (χ0v) is 10.4. The van der Waals surface area contributed by atoms with Crippen molar-refractivity contribution in [3.8, 4) is 11.8 Å². The van der Waals surface area contributed by atoms with Gasteiger partial charge >= 0.3 is 0 Å². The lowest BCUT2D eigenvalue weighted by Crippen LogP contribution is -1.97. The molecule has 1 N–H and O–H groups in total. The summed E-state index contributed by atoms with van der Waals surface area (Å²) in [7, 11) is 1.54. The number of nitriles is 1. The molecule has 0 saturated heterocycles. The number of hydrogen-bond acceptors (Lipinski definition) is 4. The molecular formula is C14H12FN3O. The zero-order valence-electron chi connectivity index (χ0n) is 10.4. The molecular weight excluding hydrogens is 245 g/mol. The number of pyridine rings is 1. The van der Waals surface area contributed by atoms with Gasteiger partial charge in [0.25, 0.3) is 0 Å². The highest BCUT2D eigenvalue weighted by atomic mass is 19.1. The first-order valence-corrected chi connectivity index (χ1v) is 5.63. The lowest BCUT2D eigenvalue weighted by molar-refractivity contribution is 0.412. The molecule has 0 aliphatic carbocycles. The third-order valence-corrected chi connectivity index (χ3v) is 2.61. The smallest absolute Gasteiger partial charge is 0.140 e. The van der Waals surface area contributed by atoms with Gasteiger partial charge in [-0.25, -0.2) is 9.37 Å². The number of hydrogen-bond donors (Lipinski definition) is 1. The maximum absolute atomic E-state index is 13.0. The number of halogens is 1. The molecule has 4 nitrogen and oxygen atoms in total. The van der Waals surface area contributed by atoms with Gasteiger partial charge in [-0.3, -0.25) is 0 Å². The SMILES string of the molecule is COc1ccc(Nc2ccc(C#N)nc2)c(CF)c1. The van der Waals surface area contributed by atoms with Crippen LogP contribution >= 0.6 is 0 Å². The van der Waals surface area contributed by atoms with Gasteiger partial charge in [-0.05, 0) is 30.3 Å². The molecule has 0 amide bonds. The lowest BCUT2D eigenvalue weighted by Gasteiger charge is -2.11. The minimum atomic E-state index is -0.594. The Morgan fingerprint density at radius 2 is 2.21 bits per heavy atom. The van der Waals surface area contributed by atoms with Crippen LogP contribution in [0.1, 0.15) is 11.3 Å². The van der Waals surface area contributed by atoms with Crippen molar-refractivity contribution in [3.63, 3.8) is 0 Å². The number of methoxy groups -OCH3 is 1. The first-order chi connectivity index (χ1) is 9.26. The highest BCUT2D eigenvalue weighted by molar-refractivity contribution is 5.64. The summed E-state index contributed by atoms with van der Waals surface area (Å²) in [6.07, 6.45) is 1.53. The highest BCUT2D eigenvalue weighted by Gasteiger charge is 2.05. The first-order valence-electron chi connectivity index (χ1n) is 5.63. The standard InChI is InChI=1S/C14H12FN3O/c1-19-13-4-5-14(10(6-13)7-15)18-12-3-2-11(8-16)17-9-12/h2-6,9,18H,7H2,1H3. The Kier molecular flexibility index (Phi) is 3.94. The Balaban J connectivity index is 2.24. The number of benzene rings is 1. The van der Waals surface area contributed by atoms with Crippen LogP contribution in [0.5, 0.6) is 5.75 Å². The van der Waals surface area contributed by atoms with Gasteiger partial charge in [-0.15, -0.1) is 0 Å². The Morgan fingerprint density at radius 3 is 2.79 bits per heavy atom. The van der Waals surface area contributed by atoms with Gasteiger partial charge in [0.2, 0.25) is 0 Å². The normalized spacial score (nSPS) is 9.74. The molecule has 1 aromatic carbocycles. The van der Waals surface area contributed by atoms with Crippen molar-refractivity contribution in [1.29, 1.82) is 5.26 Å². The summed E-state index contributed by atoms with van der Waals surface area (Å²) in [6.45, 7) is -0.594. The van der Waals surface area contributed by atoms with Crippen molar-refractivity contribution in [1.82, 2.24) is 4.98 Å². The van der Waals surface area contributed by atoms with Crippen LogP contribution in [0.3, 0.4) is 0 Å². The van der Waals surface area contributed by atoms with E-state index in [4.69, 9.17) is 10.00 Å². The van der Waals surface area contributed by atoms with Gasteiger partial charge in [0, 0.05) is 11.3 Å². The summed E-state index contributed by atoms with van der Waals surface area (Å²) >= 11 is 0. The van der Waals surface area contributed by atoms with Crippen LogP contribution in [0.4, 0.5) is 15.8 Å². The molecule has 19 heavy (non-hydrogen) atoms. The van der Waals surface area contributed by atoms with E-state index in [1.165, 1.54) is 13.3 Å². The largest absolute Gasteiger partial charge is 0.497 e. The quantitative estimate of drug-likeness (QED) is 0.913. The average Bonchev–Trinajstić information content (AvgIpc) is 2.48. The fourth-order valence-corrected chi connectivity index (χ4v) is 1.62. The Hall–Kier alpha value is -2.61. The lowest BCUT2D eigenvalue weighted by atomic mass is 10.1. The number of nitrogens with one attached hydrogen (secondary N) is 1. The van der Waals surface area contributed by atoms with Crippen molar-refractivity contribution in [2.75, 3.05) is 12.4 Å². The molecule has 0 saturated carbocycles. The molecule has 1 heterocycles. The number of rotatable bonds is 4. The monoisotopic (exact) mass is 257 g/mol. The van der Waals surface area contributed by atoms with Gasteiger partial charge in [0.15, 0.2) is 0 Å². The molecule has 0 fully saturated rings. The molecule has 0 bridgehead atoms. The Bertz CT molecular complexity index is 605. The second kappa shape index (κ2) is 5.83. The van der Waals surface area contributed by atoms with E-state index in [-0.39, 0.29) is 0 Å². The summed E-state index contributed by atoms with van der Waals surface area (Å²) in [5, 5.41) is 11.7. The van der Waals surface area contributed by atoms with Crippen molar-refractivity contribution in [2.24, 2.45) is 0 Å². The van der Waals surface area contributed by atoms with Crippen molar-refractivity contribution >= 4 is 11.4 Å². The summed E-state index contributed by atoms with van der Waals surface area (Å²) in [4.78, 5) is 3.94. The second-order valence-corrected chi connectivity index (χ2v) is 3.83. The average molecular weight is 257 g/mol. The minimum absolute atomic E-state index is 0.339. The topological polar surface area (TPSA) is 57.9 Å². The summed E-state index contributed by atoms with van der Waals surface area (Å²) in [6, 6.07) is 10.4. The van der Waals surface area contributed by atoms with E-state index in [0.29, 0.717) is 28.4 Å². The third kappa shape index (κ3) is 2.99. The van der Waals surface area contributed by atoms with E-state index in [9.17, 15) is 4.39 Å². The summed E-state index contributed by atoms with van der Waals surface area (Å²) < 4.78 is 18.0. The summed E-state index contributed by atoms with van der Waals surface area (Å²) in [5.74, 6) is 0.608. The van der Waals surface area contributed by atoms with Gasteiger partial charge < -0.3 is 10.1 Å². The zero-order chi connectivity index (χ0) is 13.7. The molecule has 0 aliphatic heterocycles. The van der Waals surface area contributed by atoms with E-state index in [0.717, 1.165) is 0 Å². The second-order valence-electron chi connectivity index (χ2n) is 3.83. The van der Waals surface area contributed by atoms with Gasteiger partial charge in [0.05, 0.1) is 19.0 Å².